The van der Waals surface area contributed by atoms with E-state index in [1.807, 2.05) is 43.9 Å². The number of nitriles is 1. The molecule has 0 aliphatic carbocycles. The quantitative estimate of drug-likeness (QED) is 0.858. The van der Waals surface area contributed by atoms with E-state index in [2.05, 4.69) is 12.1 Å². The van der Waals surface area contributed by atoms with Crippen molar-refractivity contribution in [3.05, 3.63) is 35.4 Å². The molecule has 1 fully saturated rings. The molecule has 0 N–H and O–H groups in total. The van der Waals surface area contributed by atoms with Crippen LogP contribution in [0.15, 0.2) is 24.3 Å². The minimum atomic E-state index is -0.376. The van der Waals surface area contributed by atoms with Crippen molar-refractivity contribution >= 4 is 5.91 Å². The number of hydrogen-bond donors (Lipinski definition) is 0. The summed E-state index contributed by atoms with van der Waals surface area (Å²) in [6, 6.07) is 9.99. The Hall–Kier alpha value is -1.86. The zero-order chi connectivity index (χ0) is 16.1. The van der Waals surface area contributed by atoms with Gasteiger partial charge in [0.1, 0.15) is 6.10 Å². The molecule has 1 heterocycles. The van der Waals surface area contributed by atoms with E-state index in [4.69, 9.17) is 10.00 Å². The third-order valence-electron chi connectivity index (χ3n) is 4.12. The normalized spacial score (nSPS) is 17.3. The SMILES string of the molecule is CC(C)O[C@@H](C)C(=O)N1CCC(c2cccc(C#N)c2)CC1. The number of likely N-dealkylation sites (tertiary alicyclic amines) is 1. The highest BCUT2D eigenvalue weighted by atomic mass is 16.5. The largest absolute Gasteiger partial charge is 0.366 e. The molecule has 0 saturated carbocycles. The number of benzene rings is 1. The van der Waals surface area contributed by atoms with Gasteiger partial charge < -0.3 is 9.64 Å². The van der Waals surface area contributed by atoms with Crippen LogP contribution >= 0.6 is 0 Å². The fraction of sp³-hybridized carbons (Fsp3) is 0.556. The van der Waals surface area contributed by atoms with E-state index in [0.717, 1.165) is 25.9 Å². The van der Waals surface area contributed by atoms with E-state index in [0.29, 0.717) is 11.5 Å². The molecule has 22 heavy (non-hydrogen) atoms. The first kappa shape index (κ1) is 16.5. The molecular weight excluding hydrogens is 276 g/mol. The van der Waals surface area contributed by atoms with Crippen molar-refractivity contribution in [3.8, 4) is 6.07 Å². The molecule has 1 aliphatic heterocycles. The zero-order valence-corrected chi connectivity index (χ0v) is 13.6. The number of hydrogen-bond acceptors (Lipinski definition) is 3. The number of nitrogens with zero attached hydrogens (tertiary/aromatic N) is 2. The number of carbonyl (C=O) groups is 1. The van der Waals surface area contributed by atoms with Gasteiger partial charge in [-0.1, -0.05) is 12.1 Å². The van der Waals surface area contributed by atoms with Crippen molar-refractivity contribution in [1.82, 2.24) is 4.90 Å². The van der Waals surface area contributed by atoms with E-state index < -0.39 is 0 Å². The highest BCUT2D eigenvalue weighted by molar-refractivity contribution is 5.80. The lowest BCUT2D eigenvalue weighted by atomic mass is 9.88. The monoisotopic (exact) mass is 300 g/mol. The molecule has 118 valence electrons. The van der Waals surface area contributed by atoms with Crippen molar-refractivity contribution < 1.29 is 9.53 Å². The third-order valence-corrected chi connectivity index (χ3v) is 4.12. The van der Waals surface area contributed by atoms with Crippen molar-refractivity contribution in [1.29, 1.82) is 5.26 Å². The second kappa shape index (κ2) is 7.42. The average Bonchev–Trinajstić information content (AvgIpc) is 2.53. The van der Waals surface area contributed by atoms with Crippen molar-refractivity contribution in [3.63, 3.8) is 0 Å². The molecule has 4 heteroatoms. The van der Waals surface area contributed by atoms with Gasteiger partial charge in [0, 0.05) is 13.1 Å². The topological polar surface area (TPSA) is 53.3 Å². The fourth-order valence-corrected chi connectivity index (χ4v) is 3.02. The summed E-state index contributed by atoms with van der Waals surface area (Å²) in [5.74, 6) is 0.511. The van der Waals surface area contributed by atoms with E-state index in [9.17, 15) is 4.79 Å². The lowest BCUT2D eigenvalue weighted by molar-refractivity contribution is -0.146. The Morgan fingerprint density at radius 1 is 1.32 bits per heavy atom. The molecule has 0 aromatic heterocycles. The van der Waals surface area contributed by atoms with Gasteiger partial charge in [-0.3, -0.25) is 4.79 Å². The van der Waals surface area contributed by atoms with Crippen LogP contribution in [0.4, 0.5) is 0 Å². The van der Waals surface area contributed by atoms with Gasteiger partial charge >= 0.3 is 0 Å². The predicted octanol–water partition coefficient (Wildman–Crippen LogP) is 3.08. The molecule has 1 aromatic carbocycles. The van der Waals surface area contributed by atoms with Crippen molar-refractivity contribution in [2.75, 3.05) is 13.1 Å². The van der Waals surface area contributed by atoms with E-state index >= 15 is 0 Å². The molecule has 1 atom stereocenters. The lowest BCUT2D eigenvalue weighted by Gasteiger charge is -2.34. The summed E-state index contributed by atoms with van der Waals surface area (Å²) in [5.41, 5.74) is 1.91. The first-order valence-electron chi connectivity index (χ1n) is 7.95. The Bertz CT molecular complexity index is 554. The van der Waals surface area contributed by atoms with Crippen LogP contribution in [-0.4, -0.2) is 36.1 Å². The molecular formula is C18H24N2O2. The van der Waals surface area contributed by atoms with Gasteiger partial charge in [-0.25, -0.2) is 0 Å². The van der Waals surface area contributed by atoms with Crippen LogP contribution in [0.5, 0.6) is 0 Å². The summed E-state index contributed by atoms with van der Waals surface area (Å²) in [6.45, 7) is 7.22. The average molecular weight is 300 g/mol. The Kier molecular flexibility index (Phi) is 5.57. The van der Waals surface area contributed by atoms with Crippen LogP contribution in [0.3, 0.4) is 0 Å². The first-order valence-corrected chi connectivity index (χ1v) is 7.95. The maximum Gasteiger partial charge on any atom is 0.251 e. The van der Waals surface area contributed by atoms with Gasteiger partial charge in [0.2, 0.25) is 0 Å². The number of amides is 1. The van der Waals surface area contributed by atoms with Crippen LogP contribution in [-0.2, 0) is 9.53 Å². The molecule has 0 unspecified atom stereocenters. The van der Waals surface area contributed by atoms with Gasteiger partial charge in [0.05, 0.1) is 17.7 Å². The maximum atomic E-state index is 12.3. The molecule has 1 aliphatic rings. The number of rotatable bonds is 4. The third kappa shape index (κ3) is 4.08. The second-order valence-electron chi connectivity index (χ2n) is 6.16. The lowest BCUT2D eigenvalue weighted by Crippen LogP contribution is -2.44. The van der Waals surface area contributed by atoms with Crippen LogP contribution in [0.2, 0.25) is 0 Å². The number of carbonyl (C=O) groups excluding carboxylic acids is 1. The number of piperidine rings is 1. The summed E-state index contributed by atoms with van der Waals surface area (Å²) in [7, 11) is 0. The van der Waals surface area contributed by atoms with E-state index in [1.54, 1.807) is 0 Å². The minimum Gasteiger partial charge on any atom is -0.366 e. The molecule has 2 rings (SSSR count). The molecule has 1 aromatic rings. The summed E-state index contributed by atoms with van der Waals surface area (Å²) in [4.78, 5) is 14.2. The molecule has 1 amide bonds. The second-order valence-corrected chi connectivity index (χ2v) is 6.16. The molecule has 1 saturated heterocycles. The summed E-state index contributed by atoms with van der Waals surface area (Å²) >= 11 is 0. The van der Waals surface area contributed by atoms with Crippen molar-refractivity contribution in [2.24, 2.45) is 0 Å². The van der Waals surface area contributed by atoms with Gasteiger partial charge in [0.15, 0.2) is 0 Å². The zero-order valence-electron chi connectivity index (χ0n) is 13.6. The summed E-state index contributed by atoms with van der Waals surface area (Å²) in [5, 5.41) is 8.99. The molecule has 0 bridgehead atoms. The fourth-order valence-electron chi connectivity index (χ4n) is 3.02. The standard InChI is InChI=1S/C18H24N2O2/c1-13(2)22-14(3)18(21)20-9-7-16(8-10-20)17-6-4-5-15(11-17)12-19/h4-6,11,13-14,16H,7-10H2,1-3H3/t14-/m0/s1. The Morgan fingerprint density at radius 3 is 2.59 bits per heavy atom. The smallest absolute Gasteiger partial charge is 0.251 e. The minimum absolute atomic E-state index is 0.0604. The van der Waals surface area contributed by atoms with Gasteiger partial charge in [-0.2, -0.15) is 5.26 Å². The predicted molar refractivity (Wildman–Crippen MR) is 85.4 cm³/mol. The summed E-state index contributed by atoms with van der Waals surface area (Å²) in [6.07, 6.45) is 1.56. The van der Waals surface area contributed by atoms with Crippen LogP contribution < -0.4 is 0 Å². The molecule has 0 radical (unpaired) electrons. The van der Waals surface area contributed by atoms with E-state index in [-0.39, 0.29) is 18.1 Å². The maximum absolute atomic E-state index is 12.3. The molecule has 0 spiro atoms. The van der Waals surface area contributed by atoms with Crippen LogP contribution in [0, 0.1) is 11.3 Å². The Morgan fingerprint density at radius 2 is 2.00 bits per heavy atom. The Balaban J connectivity index is 1.92. The highest BCUT2D eigenvalue weighted by Crippen LogP contribution is 2.28. The molecule has 4 nitrogen and oxygen atoms in total. The van der Waals surface area contributed by atoms with Crippen LogP contribution in [0.25, 0.3) is 0 Å². The highest BCUT2D eigenvalue weighted by Gasteiger charge is 2.27. The Labute approximate surface area is 132 Å². The van der Waals surface area contributed by atoms with Gasteiger partial charge in [0.25, 0.3) is 5.91 Å². The van der Waals surface area contributed by atoms with Gasteiger partial charge in [-0.15, -0.1) is 0 Å². The number of ether oxygens (including phenoxy) is 1. The first-order chi connectivity index (χ1) is 10.5. The van der Waals surface area contributed by atoms with Gasteiger partial charge in [-0.05, 0) is 57.2 Å². The summed E-state index contributed by atoms with van der Waals surface area (Å²) < 4.78 is 5.58. The van der Waals surface area contributed by atoms with E-state index in [1.165, 1.54) is 5.56 Å². The van der Waals surface area contributed by atoms with Crippen LogP contribution in [0.1, 0.15) is 50.7 Å². The van der Waals surface area contributed by atoms with Crippen molar-refractivity contribution in [2.45, 2.75) is 51.7 Å².